The molecule has 4 heterocycles. The van der Waals surface area contributed by atoms with Crippen LogP contribution in [0.2, 0.25) is 0 Å². The molecule has 0 fully saturated rings. The molecule has 4 heteroatoms. The molecule has 0 radical (unpaired) electrons. The van der Waals surface area contributed by atoms with E-state index in [0.29, 0.717) is 0 Å². The zero-order valence-electron chi connectivity index (χ0n) is 20.8. The van der Waals surface area contributed by atoms with Crippen LogP contribution in [0.3, 0.4) is 0 Å². The Kier molecular flexibility index (Phi) is 6.27. The molecular formula is C27H38ClO2P. The van der Waals surface area contributed by atoms with Gasteiger partial charge >= 0.3 is 7.73 Å². The minimum absolute atomic E-state index is 0.00505. The van der Waals surface area contributed by atoms with Crippen molar-refractivity contribution in [3.63, 3.8) is 0 Å². The van der Waals surface area contributed by atoms with Gasteiger partial charge in [0.05, 0.1) is 0 Å². The highest BCUT2D eigenvalue weighted by Crippen LogP contribution is 2.51. The van der Waals surface area contributed by atoms with E-state index in [2.05, 4.69) is 106 Å². The van der Waals surface area contributed by atoms with E-state index in [1.54, 1.807) is 0 Å². The van der Waals surface area contributed by atoms with Crippen LogP contribution in [-0.4, -0.2) is 0 Å². The molecule has 4 aliphatic heterocycles. The van der Waals surface area contributed by atoms with Gasteiger partial charge in [-0.25, -0.2) is 0 Å². The molecule has 0 N–H and O–H groups in total. The van der Waals surface area contributed by atoms with E-state index in [1.165, 1.54) is 11.1 Å². The summed E-state index contributed by atoms with van der Waals surface area (Å²) in [6, 6.07) is 13.1. The third kappa shape index (κ3) is 5.23. The van der Waals surface area contributed by atoms with Crippen molar-refractivity contribution in [2.45, 2.75) is 97.3 Å². The van der Waals surface area contributed by atoms with Crippen molar-refractivity contribution in [2.75, 3.05) is 0 Å². The topological polar surface area (TPSA) is 18.5 Å². The fraction of sp³-hybridized carbons (Fsp3) is 0.556. The minimum Gasteiger partial charge on any atom is -0.427 e. The van der Waals surface area contributed by atoms with Crippen LogP contribution in [0, 0.1) is 0 Å². The van der Waals surface area contributed by atoms with E-state index in [-0.39, 0.29) is 21.7 Å². The van der Waals surface area contributed by atoms with Crippen molar-refractivity contribution in [3.05, 3.63) is 58.7 Å². The molecule has 2 nitrogen and oxygen atoms in total. The lowest BCUT2D eigenvalue weighted by molar-refractivity contribution is 0.347. The van der Waals surface area contributed by atoms with Gasteiger partial charge in [-0.1, -0.05) is 93.5 Å². The van der Waals surface area contributed by atoms with Crippen LogP contribution in [0.25, 0.3) is 0 Å². The SMILES string of the molecule is CC(C)(C)c1cc2ccc1OP(Cl)Oc1ccc(cc1C(C)(C)C)C(C)(C)CC2(C)C. The maximum absolute atomic E-state index is 6.65. The van der Waals surface area contributed by atoms with E-state index in [9.17, 15) is 0 Å². The number of rotatable bonds is 0. The minimum atomic E-state index is -1.64. The molecule has 170 valence electrons. The highest BCUT2D eigenvalue weighted by Gasteiger charge is 2.35. The smallest absolute Gasteiger partial charge is 0.401 e. The van der Waals surface area contributed by atoms with Crippen LogP contribution < -0.4 is 9.05 Å². The second-order valence-electron chi connectivity index (χ2n) is 12.3. The monoisotopic (exact) mass is 460 g/mol. The highest BCUT2D eigenvalue weighted by atomic mass is 35.7. The molecular weight excluding hydrogens is 423 g/mol. The fourth-order valence-electron chi connectivity index (χ4n) is 4.72. The lowest BCUT2D eigenvalue weighted by Crippen LogP contribution is -2.31. The first kappa shape index (κ1) is 24.4. The van der Waals surface area contributed by atoms with Crippen LogP contribution in [0.15, 0.2) is 36.4 Å². The van der Waals surface area contributed by atoms with Gasteiger partial charge < -0.3 is 9.05 Å². The van der Waals surface area contributed by atoms with Crippen molar-refractivity contribution in [2.24, 2.45) is 0 Å². The Bertz CT molecular complexity index is 887. The predicted octanol–water partition coefficient (Wildman–Crippen LogP) is 9.16. The van der Waals surface area contributed by atoms with Gasteiger partial charge in [0.15, 0.2) is 0 Å². The van der Waals surface area contributed by atoms with E-state index in [4.69, 9.17) is 20.3 Å². The molecule has 0 atom stereocenters. The molecule has 0 saturated heterocycles. The Labute approximate surface area is 195 Å². The van der Waals surface area contributed by atoms with E-state index >= 15 is 0 Å². The summed E-state index contributed by atoms with van der Waals surface area (Å²) in [5.41, 5.74) is 4.81. The van der Waals surface area contributed by atoms with Crippen LogP contribution >= 0.6 is 19.0 Å². The van der Waals surface area contributed by atoms with Gasteiger partial charge in [-0.2, -0.15) is 0 Å². The Morgan fingerprint density at radius 1 is 0.710 bits per heavy atom. The van der Waals surface area contributed by atoms with Crippen LogP contribution in [0.4, 0.5) is 0 Å². The van der Waals surface area contributed by atoms with Crippen molar-refractivity contribution in [3.8, 4) is 11.5 Å². The van der Waals surface area contributed by atoms with Crippen molar-refractivity contribution < 1.29 is 9.05 Å². The van der Waals surface area contributed by atoms with Crippen molar-refractivity contribution in [1.29, 1.82) is 0 Å². The van der Waals surface area contributed by atoms with Crippen LogP contribution in [0.1, 0.15) is 97.9 Å². The number of halogens is 1. The molecule has 0 aromatic heterocycles. The molecule has 0 spiro atoms. The third-order valence-corrected chi connectivity index (χ3v) is 7.46. The summed E-state index contributed by atoms with van der Waals surface area (Å²) in [5.74, 6) is 1.61. The molecule has 31 heavy (non-hydrogen) atoms. The summed E-state index contributed by atoms with van der Waals surface area (Å²) in [7, 11) is -1.64. The van der Waals surface area contributed by atoms with Crippen LogP contribution in [-0.2, 0) is 21.7 Å². The Hall–Kier alpha value is -1.24. The molecule has 4 aliphatic rings. The molecule has 4 bridgehead atoms. The molecule has 0 amide bonds. The molecule has 2 aromatic rings. The fourth-order valence-corrected chi connectivity index (χ4v) is 5.83. The second-order valence-corrected chi connectivity index (χ2v) is 13.9. The van der Waals surface area contributed by atoms with E-state index < -0.39 is 7.73 Å². The van der Waals surface area contributed by atoms with E-state index in [1.807, 2.05) is 0 Å². The number of hydrogen-bond acceptors (Lipinski definition) is 2. The summed E-state index contributed by atoms with van der Waals surface area (Å²) in [6.45, 7) is 22.7. The molecule has 0 unspecified atom stereocenters. The second kappa shape index (κ2) is 7.96. The Balaban J connectivity index is 2.24. The first-order chi connectivity index (χ1) is 14.0. The Morgan fingerprint density at radius 3 is 1.39 bits per heavy atom. The summed E-state index contributed by atoms with van der Waals surface area (Å²) in [6.07, 6.45) is 1.02. The quantitative estimate of drug-likeness (QED) is 0.365. The average molecular weight is 461 g/mol. The lowest BCUT2D eigenvalue weighted by Gasteiger charge is -2.38. The predicted molar refractivity (Wildman–Crippen MR) is 135 cm³/mol. The van der Waals surface area contributed by atoms with E-state index in [0.717, 1.165) is 29.0 Å². The first-order valence-electron chi connectivity index (χ1n) is 11.1. The molecule has 0 saturated carbocycles. The van der Waals surface area contributed by atoms with Gasteiger partial charge in [-0.15, -0.1) is 0 Å². The molecule has 0 aliphatic carbocycles. The van der Waals surface area contributed by atoms with Gasteiger partial charge in [0, 0.05) is 11.1 Å². The summed E-state index contributed by atoms with van der Waals surface area (Å²) >= 11 is 6.65. The van der Waals surface area contributed by atoms with Crippen molar-refractivity contribution in [1.82, 2.24) is 0 Å². The zero-order chi connectivity index (χ0) is 23.4. The largest absolute Gasteiger partial charge is 0.427 e. The van der Waals surface area contributed by atoms with Crippen LogP contribution in [0.5, 0.6) is 11.5 Å². The molecule has 6 rings (SSSR count). The Morgan fingerprint density at radius 2 is 1.06 bits per heavy atom. The number of benzene rings is 2. The van der Waals surface area contributed by atoms with Gasteiger partial charge in [0.2, 0.25) is 0 Å². The first-order valence-corrected chi connectivity index (χ1v) is 13.2. The van der Waals surface area contributed by atoms with Gasteiger partial charge in [-0.3, -0.25) is 0 Å². The van der Waals surface area contributed by atoms with Gasteiger partial charge in [0.25, 0.3) is 0 Å². The summed E-state index contributed by atoms with van der Waals surface area (Å²) in [5, 5.41) is 0. The number of hydrogen-bond donors (Lipinski definition) is 0. The highest BCUT2D eigenvalue weighted by molar-refractivity contribution is 7.76. The summed E-state index contributed by atoms with van der Waals surface area (Å²) in [4.78, 5) is 0. The third-order valence-electron chi connectivity index (χ3n) is 6.36. The maximum atomic E-state index is 6.65. The van der Waals surface area contributed by atoms with Gasteiger partial charge in [-0.05, 0) is 62.6 Å². The van der Waals surface area contributed by atoms with Crippen molar-refractivity contribution >= 4 is 19.0 Å². The molecule has 2 aromatic carbocycles. The average Bonchev–Trinajstić information content (AvgIpc) is 2.58. The summed E-state index contributed by atoms with van der Waals surface area (Å²) < 4.78 is 12.4. The maximum Gasteiger partial charge on any atom is 0.401 e. The standard InChI is InChI=1S/C27H38ClO2P/c1-24(2,3)20-15-18-11-13-22(20)29-31(28)30-23-14-12-19(16-21(23)25(4,5)6)27(9,10)17-26(18,7)8/h11-16H,17H2,1-10H3. The zero-order valence-corrected chi connectivity index (χ0v) is 22.5. The van der Waals surface area contributed by atoms with Gasteiger partial charge in [0.1, 0.15) is 11.5 Å². The lowest BCUT2D eigenvalue weighted by atomic mass is 9.67. The normalized spacial score (nSPS) is 18.9.